The standard InChI is InChI=1S/C11H15N5O/c1-16-10-9(5-15-16)11(14-6-13-10)17-8-2-7(3-8)4-12/h5-8H,2-4,12H2,1H3. The van der Waals surface area contributed by atoms with Crippen molar-refractivity contribution in [2.75, 3.05) is 6.54 Å². The number of ether oxygens (including phenoxy) is 1. The van der Waals surface area contributed by atoms with E-state index in [0.29, 0.717) is 11.8 Å². The molecule has 90 valence electrons. The van der Waals surface area contributed by atoms with Gasteiger partial charge in [0.1, 0.15) is 17.8 Å². The zero-order valence-corrected chi connectivity index (χ0v) is 9.71. The van der Waals surface area contributed by atoms with Crippen LogP contribution in [0.3, 0.4) is 0 Å². The molecule has 6 nitrogen and oxygen atoms in total. The van der Waals surface area contributed by atoms with Crippen LogP contribution in [0.4, 0.5) is 0 Å². The number of hydrogen-bond acceptors (Lipinski definition) is 5. The van der Waals surface area contributed by atoms with Crippen molar-refractivity contribution in [3.05, 3.63) is 12.5 Å². The van der Waals surface area contributed by atoms with Crippen LogP contribution in [0.5, 0.6) is 5.88 Å². The van der Waals surface area contributed by atoms with E-state index in [9.17, 15) is 0 Å². The Labute approximate surface area is 98.8 Å². The van der Waals surface area contributed by atoms with Crippen LogP contribution >= 0.6 is 0 Å². The average molecular weight is 233 g/mol. The van der Waals surface area contributed by atoms with Crippen LogP contribution in [-0.4, -0.2) is 32.4 Å². The molecule has 6 heteroatoms. The molecular formula is C11H15N5O. The van der Waals surface area contributed by atoms with Gasteiger partial charge in [-0.25, -0.2) is 9.97 Å². The first-order valence-electron chi connectivity index (χ1n) is 5.77. The number of aromatic nitrogens is 4. The highest BCUT2D eigenvalue weighted by molar-refractivity contribution is 5.79. The fraction of sp³-hybridized carbons (Fsp3) is 0.545. The van der Waals surface area contributed by atoms with Gasteiger partial charge in [0.15, 0.2) is 5.65 Å². The fourth-order valence-corrected chi connectivity index (χ4v) is 2.16. The largest absolute Gasteiger partial charge is 0.474 e. The van der Waals surface area contributed by atoms with Gasteiger partial charge in [-0.1, -0.05) is 0 Å². The van der Waals surface area contributed by atoms with E-state index in [1.165, 1.54) is 6.33 Å². The monoisotopic (exact) mass is 233 g/mol. The van der Waals surface area contributed by atoms with Crippen molar-refractivity contribution < 1.29 is 4.74 Å². The molecule has 0 spiro atoms. The summed E-state index contributed by atoms with van der Waals surface area (Å²) in [4.78, 5) is 8.35. The topological polar surface area (TPSA) is 78.9 Å². The second kappa shape index (κ2) is 3.96. The quantitative estimate of drug-likeness (QED) is 0.834. The second-order valence-corrected chi connectivity index (χ2v) is 4.50. The lowest BCUT2D eigenvalue weighted by Gasteiger charge is -2.34. The van der Waals surface area contributed by atoms with E-state index < -0.39 is 0 Å². The van der Waals surface area contributed by atoms with Crippen molar-refractivity contribution in [1.29, 1.82) is 0 Å². The molecular weight excluding hydrogens is 218 g/mol. The summed E-state index contributed by atoms with van der Waals surface area (Å²) >= 11 is 0. The Morgan fingerprint density at radius 1 is 1.47 bits per heavy atom. The molecule has 0 amide bonds. The van der Waals surface area contributed by atoms with Crippen molar-refractivity contribution in [2.24, 2.45) is 18.7 Å². The SMILES string of the molecule is Cn1ncc2c(OC3CC(CN)C3)ncnc21. The molecule has 0 radical (unpaired) electrons. The lowest BCUT2D eigenvalue weighted by Crippen LogP contribution is -2.37. The van der Waals surface area contributed by atoms with Crippen LogP contribution < -0.4 is 10.5 Å². The summed E-state index contributed by atoms with van der Waals surface area (Å²) in [5.74, 6) is 1.23. The number of fused-ring (bicyclic) bond motifs is 1. The molecule has 0 aromatic carbocycles. The van der Waals surface area contributed by atoms with Crippen LogP contribution in [0.2, 0.25) is 0 Å². The molecule has 0 bridgehead atoms. The average Bonchev–Trinajstić information content (AvgIpc) is 2.66. The minimum absolute atomic E-state index is 0.238. The maximum atomic E-state index is 5.85. The van der Waals surface area contributed by atoms with Crippen LogP contribution in [0.1, 0.15) is 12.8 Å². The molecule has 2 heterocycles. The molecule has 3 rings (SSSR count). The highest BCUT2D eigenvalue weighted by Crippen LogP contribution is 2.31. The predicted octanol–water partition coefficient (Wildman–Crippen LogP) is 0.479. The first-order valence-corrected chi connectivity index (χ1v) is 5.77. The van der Waals surface area contributed by atoms with Crippen LogP contribution in [0.15, 0.2) is 12.5 Å². The molecule has 0 saturated heterocycles. The van der Waals surface area contributed by atoms with E-state index in [1.807, 2.05) is 7.05 Å². The summed E-state index contributed by atoms with van der Waals surface area (Å²) in [6, 6.07) is 0. The van der Waals surface area contributed by atoms with Crippen molar-refractivity contribution >= 4 is 11.0 Å². The van der Waals surface area contributed by atoms with Crippen molar-refractivity contribution in [3.63, 3.8) is 0 Å². The molecule has 0 unspecified atom stereocenters. The predicted molar refractivity (Wildman–Crippen MR) is 62.5 cm³/mol. The Kier molecular flexibility index (Phi) is 2.44. The Hall–Kier alpha value is -1.69. The summed E-state index contributed by atoms with van der Waals surface area (Å²) < 4.78 is 7.56. The van der Waals surface area contributed by atoms with E-state index >= 15 is 0 Å². The molecule has 1 fully saturated rings. The van der Waals surface area contributed by atoms with Crippen molar-refractivity contribution in [3.8, 4) is 5.88 Å². The zero-order valence-electron chi connectivity index (χ0n) is 9.71. The first-order chi connectivity index (χ1) is 8.28. The van der Waals surface area contributed by atoms with Gasteiger partial charge in [-0.2, -0.15) is 5.10 Å². The molecule has 2 N–H and O–H groups in total. The molecule has 2 aromatic rings. The maximum absolute atomic E-state index is 5.85. The van der Waals surface area contributed by atoms with E-state index in [4.69, 9.17) is 10.5 Å². The van der Waals surface area contributed by atoms with Gasteiger partial charge in [-0.15, -0.1) is 0 Å². The van der Waals surface area contributed by atoms with Gasteiger partial charge in [0.05, 0.1) is 6.20 Å². The minimum Gasteiger partial charge on any atom is -0.474 e. The van der Waals surface area contributed by atoms with Crippen LogP contribution in [0.25, 0.3) is 11.0 Å². The molecule has 1 aliphatic carbocycles. The third-order valence-corrected chi connectivity index (χ3v) is 3.30. The molecule has 0 aliphatic heterocycles. The van der Waals surface area contributed by atoms with Crippen molar-refractivity contribution in [1.82, 2.24) is 19.7 Å². The Morgan fingerprint density at radius 2 is 2.29 bits per heavy atom. The molecule has 1 aliphatic rings. The van der Waals surface area contributed by atoms with Crippen molar-refractivity contribution in [2.45, 2.75) is 18.9 Å². The summed E-state index contributed by atoms with van der Waals surface area (Å²) in [7, 11) is 1.85. The number of rotatable bonds is 3. The number of hydrogen-bond donors (Lipinski definition) is 1. The normalized spacial score (nSPS) is 23.6. The van der Waals surface area contributed by atoms with Gasteiger partial charge in [-0.05, 0) is 25.3 Å². The summed E-state index contributed by atoms with van der Waals surface area (Å²) in [6.45, 7) is 0.742. The van der Waals surface area contributed by atoms with Gasteiger partial charge in [-0.3, -0.25) is 4.68 Å². The van der Waals surface area contributed by atoms with Gasteiger partial charge < -0.3 is 10.5 Å². The number of nitrogens with zero attached hydrogens (tertiary/aromatic N) is 4. The molecule has 1 saturated carbocycles. The second-order valence-electron chi connectivity index (χ2n) is 4.50. The molecule has 0 atom stereocenters. The Morgan fingerprint density at radius 3 is 3.06 bits per heavy atom. The first kappa shape index (κ1) is 10.5. The number of aryl methyl sites for hydroxylation is 1. The summed E-state index contributed by atoms with van der Waals surface area (Å²) in [6.07, 6.45) is 5.52. The third kappa shape index (κ3) is 1.74. The van der Waals surface area contributed by atoms with E-state index in [1.54, 1.807) is 10.9 Å². The summed E-state index contributed by atoms with van der Waals surface area (Å²) in [5.41, 5.74) is 6.38. The molecule has 17 heavy (non-hydrogen) atoms. The zero-order chi connectivity index (χ0) is 11.8. The third-order valence-electron chi connectivity index (χ3n) is 3.30. The van der Waals surface area contributed by atoms with Gasteiger partial charge >= 0.3 is 0 Å². The minimum atomic E-state index is 0.238. The van der Waals surface area contributed by atoms with Gasteiger partial charge in [0, 0.05) is 7.05 Å². The molecule has 2 aromatic heterocycles. The van der Waals surface area contributed by atoms with Crippen LogP contribution in [-0.2, 0) is 7.05 Å². The van der Waals surface area contributed by atoms with Crippen LogP contribution in [0, 0.1) is 5.92 Å². The van der Waals surface area contributed by atoms with Gasteiger partial charge in [0.25, 0.3) is 0 Å². The van der Waals surface area contributed by atoms with E-state index in [-0.39, 0.29) is 6.10 Å². The Balaban J connectivity index is 1.81. The number of nitrogens with two attached hydrogens (primary N) is 1. The highest BCUT2D eigenvalue weighted by Gasteiger charge is 2.30. The Bertz CT molecular complexity index is 532. The lowest BCUT2D eigenvalue weighted by atomic mass is 9.82. The van der Waals surface area contributed by atoms with Gasteiger partial charge in [0.2, 0.25) is 5.88 Å². The summed E-state index contributed by atoms with van der Waals surface area (Å²) in [5, 5.41) is 5.02. The fourth-order valence-electron chi connectivity index (χ4n) is 2.16. The van der Waals surface area contributed by atoms with E-state index in [0.717, 1.165) is 30.4 Å². The smallest absolute Gasteiger partial charge is 0.228 e. The maximum Gasteiger partial charge on any atom is 0.228 e. The highest BCUT2D eigenvalue weighted by atomic mass is 16.5. The lowest BCUT2D eigenvalue weighted by molar-refractivity contribution is 0.0663. The van der Waals surface area contributed by atoms with E-state index in [2.05, 4.69) is 15.1 Å².